The van der Waals surface area contributed by atoms with Crippen molar-refractivity contribution >= 4 is 12.0 Å². The van der Waals surface area contributed by atoms with E-state index in [-0.39, 0.29) is 12.7 Å². The number of hydrogen-bond donors (Lipinski definition) is 1. The Hall–Kier alpha value is -2.85. The van der Waals surface area contributed by atoms with Crippen LogP contribution in [0.1, 0.15) is 24.7 Å². The molecule has 10 heteroatoms. The van der Waals surface area contributed by atoms with Crippen molar-refractivity contribution in [3.05, 3.63) is 35.5 Å². The van der Waals surface area contributed by atoms with Gasteiger partial charge in [0.05, 0.1) is 37.8 Å². The van der Waals surface area contributed by atoms with Crippen LogP contribution in [0.5, 0.6) is 0 Å². The first-order valence-electron chi connectivity index (χ1n) is 11.3. The van der Waals surface area contributed by atoms with Crippen molar-refractivity contribution in [1.29, 1.82) is 0 Å². The number of carbonyl (C=O) groups is 1. The molecule has 2 aromatic heterocycles. The number of likely N-dealkylation sites (tertiary alicyclic amines) is 1. The Balaban J connectivity index is 1.66. The minimum atomic E-state index is -0.530. The highest BCUT2D eigenvalue weighted by Crippen LogP contribution is 2.35. The molecule has 0 radical (unpaired) electrons. The summed E-state index contributed by atoms with van der Waals surface area (Å²) in [5.41, 5.74) is 1.65. The second-order valence-corrected chi connectivity index (χ2v) is 8.64. The molecular formula is C23H30FN5O4. The van der Waals surface area contributed by atoms with Gasteiger partial charge in [0.1, 0.15) is 5.82 Å². The number of aromatic nitrogens is 3. The summed E-state index contributed by atoms with van der Waals surface area (Å²) in [5, 5.41) is 10.3. The predicted octanol–water partition coefficient (Wildman–Crippen LogP) is 2.21. The zero-order valence-corrected chi connectivity index (χ0v) is 19.1. The van der Waals surface area contributed by atoms with E-state index in [0.717, 1.165) is 5.69 Å². The maximum absolute atomic E-state index is 14.2. The normalized spacial score (nSPS) is 20.8. The number of ether oxygens (including phenoxy) is 2. The molecule has 4 rings (SSSR count). The largest absolute Gasteiger partial charge is 0.450 e. The van der Waals surface area contributed by atoms with Crippen molar-refractivity contribution < 1.29 is 23.8 Å². The maximum atomic E-state index is 14.2. The highest BCUT2D eigenvalue weighted by Gasteiger charge is 2.41. The lowest BCUT2D eigenvalue weighted by Crippen LogP contribution is -2.38. The first-order valence-corrected chi connectivity index (χ1v) is 11.3. The molecule has 0 saturated carbocycles. The van der Waals surface area contributed by atoms with Crippen LogP contribution in [-0.4, -0.2) is 83.7 Å². The van der Waals surface area contributed by atoms with E-state index in [9.17, 15) is 14.3 Å². The summed E-state index contributed by atoms with van der Waals surface area (Å²) in [6, 6.07) is 3.25. The molecule has 2 aromatic rings. The number of hydrogen-bond acceptors (Lipinski definition) is 8. The highest BCUT2D eigenvalue weighted by atomic mass is 19.1. The molecule has 178 valence electrons. The Morgan fingerprint density at radius 3 is 2.76 bits per heavy atom. The van der Waals surface area contributed by atoms with Gasteiger partial charge in [0, 0.05) is 49.0 Å². The number of aryl methyl sites for hydroxylation is 1. The van der Waals surface area contributed by atoms with Crippen molar-refractivity contribution in [2.24, 2.45) is 5.41 Å². The lowest BCUT2D eigenvalue weighted by atomic mass is 9.83. The lowest BCUT2D eigenvalue weighted by molar-refractivity contribution is 0.0974. The van der Waals surface area contributed by atoms with Crippen LogP contribution in [0.15, 0.2) is 18.3 Å². The average molecular weight is 460 g/mol. The third-order valence-electron chi connectivity index (χ3n) is 6.24. The van der Waals surface area contributed by atoms with Gasteiger partial charge >= 0.3 is 6.09 Å². The molecule has 2 fully saturated rings. The standard InChI is InChI=1S/C23H30FN5O4/c1-3-33-22(31)29-5-4-23(14-29,15-30)12-18-11-20(17-10-19(24)16(2)25-13-17)27-21(26-18)28-6-8-32-9-7-28/h10-11,13,30H,3-9,12,14-15H2,1-2H3/t23-/m0/s1. The van der Waals surface area contributed by atoms with Gasteiger partial charge in [-0.15, -0.1) is 0 Å². The van der Waals surface area contributed by atoms with Crippen LogP contribution in [0, 0.1) is 18.2 Å². The number of aliphatic hydroxyl groups excluding tert-OH is 1. The number of carbonyl (C=O) groups excluding carboxylic acids is 1. The fourth-order valence-corrected chi connectivity index (χ4v) is 4.29. The quantitative estimate of drug-likeness (QED) is 0.702. The second-order valence-electron chi connectivity index (χ2n) is 8.64. The van der Waals surface area contributed by atoms with Crippen LogP contribution >= 0.6 is 0 Å². The monoisotopic (exact) mass is 459 g/mol. The third kappa shape index (κ3) is 5.22. The molecule has 1 atom stereocenters. The Labute approximate surface area is 192 Å². The van der Waals surface area contributed by atoms with Crippen molar-refractivity contribution in [2.75, 3.05) is 57.5 Å². The summed E-state index contributed by atoms with van der Waals surface area (Å²) in [7, 11) is 0. The molecule has 0 spiro atoms. The zero-order valence-electron chi connectivity index (χ0n) is 19.1. The molecule has 1 N–H and O–H groups in total. The number of pyridine rings is 1. The topological polar surface area (TPSA) is 101 Å². The van der Waals surface area contributed by atoms with E-state index in [0.29, 0.717) is 81.7 Å². The maximum Gasteiger partial charge on any atom is 0.409 e. The highest BCUT2D eigenvalue weighted by molar-refractivity contribution is 5.68. The Kier molecular flexibility index (Phi) is 7.04. The van der Waals surface area contributed by atoms with E-state index in [4.69, 9.17) is 19.4 Å². The minimum Gasteiger partial charge on any atom is -0.450 e. The van der Waals surface area contributed by atoms with Crippen molar-refractivity contribution in [3.8, 4) is 11.3 Å². The SMILES string of the molecule is CCOC(=O)N1CC[C@](CO)(Cc2cc(-c3cnc(C)c(F)c3)nc(N3CCOCC3)n2)C1. The molecular weight excluding hydrogens is 429 g/mol. The molecule has 2 aliphatic heterocycles. The fraction of sp³-hybridized carbons (Fsp3) is 0.565. The van der Waals surface area contributed by atoms with E-state index in [1.165, 1.54) is 6.07 Å². The summed E-state index contributed by atoms with van der Waals surface area (Å²) in [6.45, 7) is 6.98. The lowest BCUT2D eigenvalue weighted by Gasteiger charge is -2.29. The van der Waals surface area contributed by atoms with E-state index in [2.05, 4.69) is 4.98 Å². The number of amides is 1. The Bertz CT molecular complexity index is 1000. The van der Waals surface area contributed by atoms with Gasteiger partial charge in [0.25, 0.3) is 0 Å². The summed E-state index contributed by atoms with van der Waals surface area (Å²) >= 11 is 0. The third-order valence-corrected chi connectivity index (χ3v) is 6.24. The van der Waals surface area contributed by atoms with Gasteiger partial charge in [-0.25, -0.2) is 19.2 Å². The zero-order chi connectivity index (χ0) is 23.4. The van der Waals surface area contributed by atoms with Crippen LogP contribution in [0.25, 0.3) is 11.3 Å². The molecule has 2 aliphatic rings. The Morgan fingerprint density at radius 1 is 1.27 bits per heavy atom. The van der Waals surface area contributed by atoms with Gasteiger partial charge in [0.15, 0.2) is 0 Å². The van der Waals surface area contributed by atoms with Gasteiger partial charge in [0.2, 0.25) is 5.95 Å². The molecule has 0 bridgehead atoms. The van der Waals surface area contributed by atoms with Gasteiger partial charge < -0.3 is 24.4 Å². The van der Waals surface area contributed by atoms with Crippen molar-refractivity contribution in [1.82, 2.24) is 19.9 Å². The summed E-state index contributed by atoms with van der Waals surface area (Å²) in [4.78, 5) is 29.5. The number of anilines is 1. The van der Waals surface area contributed by atoms with Crippen LogP contribution in [0.4, 0.5) is 15.1 Å². The number of rotatable bonds is 6. The molecule has 4 heterocycles. The van der Waals surface area contributed by atoms with Gasteiger partial charge in [-0.05, 0) is 38.8 Å². The van der Waals surface area contributed by atoms with Crippen LogP contribution < -0.4 is 4.90 Å². The summed E-state index contributed by atoms with van der Waals surface area (Å²) < 4.78 is 24.8. The first kappa shape index (κ1) is 23.3. The smallest absolute Gasteiger partial charge is 0.409 e. The summed E-state index contributed by atoms with van der Waals surface area (Å²) in [6.07, 6.45) is 2.32. The molecule has 1 amide bonds. The van der Waals surface area contributed by atoms with Crippen LogP contribution in [0.3, 0.4) is 0 Å². The number of halogens is 1. The molecule has 0 aromatic carbocycles. The van der Waals surface area contributed by atoms with Gasteiger partial charge in [-0.3, -0.25) is 4.98 Å². The van der Waals surface area contributed by atoms with Crippen molar-refractivity contribution in [2.45, 2.75) is 26.7 Å². The molecule has 0 aliphatic carbocycles. The Morgan fingerprint density at radius 2 is 2.06 bits per heavy atom. The van der Waals surface area contributed by atoms with Crippen molar-refractivity contribution in [3.63, 3.8) is 0 Å². The predicted molar refractivity (Wildman–Crippen MR) is 119 cm³/mol. The van der Waals surface area contributed by atoms with Gasteiger partial charge in [-0.1, -0.05) is 0 Å². The number of nitrogens with zero attached hydrogens (tertiary/aromatic N) is 5. The summed E-state index contributed by atoms with van der Waals surface area (Å²) in [5.74, 6) is 0.147. The van der Waals surface area contributed by atoms with Crippen LogP contribution in [0.2, 0.25) is 0 Å². The molecule has 9 nitrogen and oxygen atoms in total. The van der Waals surface area contributed by atoms with Gasteiger partial charge in [-0.2, -0.15) is 0 Å². The fourth-order valence-electron chi connectivity index (χ4n) is 4.29. The van der Waals surface area contributed by atoms with E-state index < -0.39 is 11.2 Å². The number of morpholine rings is 1. The first-order chi connectivity index (χ1) is 15.9. The molecule has 0 unspecified atom stereocenters. The molecule has 2 saturated heterocycles. The number of aliphatic hydroxyl groups is 1. The average Bonchev–Trinajstić information content (AvgIpc) is 3.26. The van der Waals surface area contributed by atoms with Crippen LogP contribution in [-0.2, 0) is 15.9 Å². The minimum absolute atomic E-state index is 0.0875. The van der Waals surface area contributed by atoms with E-state index in [1.807, 2.05) is 11.0 Å². The van der Waals surface area contributed by atoms with E-state index in [1.54, 1.807) is 24.9 Å². The second kappa shape index (κ2) is 9.96. The van der Waals surface area contributed by atoms with E-state index >= 15 is 0 Å². The molecule has 33 heavy (non-hydrogen) atoms.